The van der Waals surface area contributed by atoms with Gasteiger partial charge in [0.15, 0.2) is 0 Å². The monoisotopic (exact) mass is 515 g/mol. The molecule has 204 valence electrons. The molecule has 1 aromatic rings. The van der Waals surface area contributed by atoms with E-state index in [1.807, 2.05) is 24.3 Å². The second-order valence-corrected chi connectivity index (χ2v) is 10.9. The lowest BCUT2D eigenvalue weighted by Crippen LogP contribution is -2.55. The SMILES string of the molecule is CCOC(=O)[C@@]12C[C@H]1CC(C)CCCCCN(Cc1ccc(OC)cc1)C(=O)N1C[C@@H](O)C[C@H]1C(=O)N2. The van der Waals surface area contributed by atoms with Gasteiger partial charge in [0.25, 0.3) is 0 Å². The molecular weight excluding hydrogens is 474 g/mol. The van der Waals surface area contributed by atoms with E-state index in [1.165, 1.54) is 4.90 Å². The third kappa shape index (κ3) is 6.20. The van der Waals surface area contributed by atoms with E-state index in [1.54, 1.807) is 18.9 Å². The van der Waals surface area contributed by atoms with Gasteiger partial charge >= 0.3 is 12.0 Å². The molecule has 2 heterocycles. The molecule has 2 aliphatic heterocycles. The number of fused-ring (bicyclic) bond motifs is 2. The summed E-state index contributed by atoms with van der Waals surface area (Å²) in [6, 6.07) is 6.49. The Labute approximate surface area is 219 Å². The molecule has 0 aromatic heterocycles. The number of hydrogen-bond donors (Lipinski definition) is 2. The van der Waals surface area contributed by atoms with Crippen LogP contribution in [0, 0.1) is 11.8 Å². The molecule has 3 amide bonds. The first kappa shape index (κ1) is 27.2. The van der Waals surface area contributed by atoms with Gasteiger partial charge < -0.3 is 29.7 Å². The van der Waals surface area contributed by atoms with Crippen molar-refractivity contribution in [3.63, 3.8) is 0 Å². The van der Waals surface area contributed by atoms with E-state index in [0.29, 0.717) is 25.4 Å². The lowest BCUT2D eigenvalue weighted by atomic mass is 9.95. The number of esters is 1. The summed E-state index contributed by atoms with van der Waals surface area (Å²) < 4.78 is 10.6. The molecule has 3 fully saturated rings. The van der Waals surface area contributed by atoms with E-state index in [9.17, 15) is 19.5 Å². The fourth-order valence-electron chi connectivity index (χ4n) is 5.86. The van der Waals surface area contributed by atoms with Gasteiger partial charge in [-0.3, -0.25) is 4.79 Å². The fraction of sp³-hybridized carbons (Fsp3) is 0.679. The summed E-state index contributed by atoms with van der Waals surface area (Å²) in [5.41, 5.74) is -0.0736. The molecule has 1 unspecified atom stereocenters. The van der Waals surface area contributed by atoms with Gasteiger partial charge in [-0.2, -0.15) is 0 Å². The number of nitrogens with zero attached hydrogens (tertiary/aromatic N) is 2. The molecule has 2 N–H and O–H groups in total. The Bertz CT molecular complexity index is 969. The highest BCUT2D eigenvalue weighted by molar-refractivity contribution is 5.95. The second-order valence-electron chi connectivity index (χ2n) is 10.9. The molecule has 9 nitrogen and oxygen atoms in total. The minimum Gasteiger partial charge on any atom is -0.497 e. The number of amides is 3. The summed E-state index contributed by atoms with van der Waals surface area (Å²) in [4.78, 5) is 43.5. The average Bonchev–Trinajstić information content (AvgIpc) is 3.41. The van der Waals surface area contributed by atoms with Crippen molar-refractivity contribution in [1.29, 1.82) is 0 Å². The van der Waals surface area contributed by atoms with E-state index in [-0.39, 0.29) is 31.5 Å². The van der Waals surface area contributed by atoms with Gasteiger partial charge in [-0.25, -0.2) is 9.59 Å². The number of aliphatic hydroxyl groups excluding tert-OH is 1. The van der Waals surface area contributed by atoms with Crippen molar-refractivity contribution in [2.75, 3.05) is 26.8 Å². The van der Waals surface area contributed by atoms with Gasteiger partial charge in [-0.05, 0) is 55.7 Å². The molecule has 0 radical (unpaired) electrons. The number of rotatable bonds is 5. The Hall–Kier alpha value is -2.81. The average molecular weight is 516 g/mol. The van der Waals surface area contributed by atoms with E-state index >= 15 is 0 Å². The second kappa shape index (κ2) is 11.7. The van der Waals surface area contributed by atoms with E-state index in [4.69, 9.17) is 9.47 Å². The van der Waals surface area contributed by atoms with Crippen LogP contribution in [0.1, 0.15) is 64.4 Å². The summed E-state index contributed by atoms with van der Waals surface area (Å²) in [6.07, 6.45) is 4.68. The van der Waals surface area contributed by atoms with Crippen LogP contribution in [0.3, 0.4) is 0 Å². The maximum atomic E-state index is 13.8. The molecule has 9 heteroatoms. The third-order valence-electron chi connectivity index (χ3n) is 8.03. The van der Waals surface area contributed by atoms with Crippen molar-refractivity contribution in [3.05, 3.63) is 29.8 Å². The van der Waals surface area contributed by atoms with E-state index in [2.05, 4.69) is 12.2 Å². The number of hydrogen-bond acceptors (Lipinski definition) is 6. The summed E-state index contributed by atoms with van der Waals surface area (Å²) in [7, 11) is 1.61. The summed E-state index contributed by atoms with van der Waals surface area (Å²) >= 11 is 0. The van der Waals surface area contributed by atoms with Crippen molar-refractivity contribution in [3.8, 4) is 5.75 Å². The normalized spacial score (nSPS) is 30.9. The molecular formula is C28H41N3O6. The van der Waals surface area contributed by atoms with Crippen molar-refractivity contribution in [1.82, 2.24) is 15.1 Å². The highest BCUT2D eigenvalue weighted by Gasteiger charge is 2.63. The smallest absolute Gasteiger partial charge is 0.332 e. The molecule has 0 bridgehead atoms. The first-order valence-electron chi connectivity index (χ1n) is 13.6. The number of methoxy groups -OCH3 is 1. The minimum atomic E-state index is -1.04. The number of benzene rings is 1. The number of carbonyl (C=O) groups excluding carboxylic acids is 3. The Morgan fingerprint density at radius 2 is 1.92 bits per heavy atom. The van der Waals surface area contributed by atoms with Crippen molar-refractivity contribution in [2.24, 2.45) is 11.8 Å². The van der Waals surface area contributed by atoms with Gasteiger partial charge in [0.05, 0.1) is 19.8 Å². The highest BCUT2D eigenvalue weighted by atomic mass is 16.5. The molecule has 37 heavy (non-hydrogen) atoms. The van der Waals surface area contributed by atoms with Crippen LogP contribution in [0.25, 0.3) is 0 Å². The zero-order valence-corrected chi connectivity index (χ0v) is 22.3. The summed E-state index contributed by atoms with van der Waals surface area (Å²) in [5, 5.41) is 13.4. The molecule has 4 rings (SSSR count). The molecule has 2 saturated heterocycles. The maximum Gasteiger partial charge on any atom is 0.332 e. The van der Waals surface area contributed by atoms with Crippen molar-refractivity contribution >= 4 is 17.9 Å². The quantitative estimate of drug-likeness (QED) is 0.584. The van der Waals surface area contributed by atoms with Crippen LogP contribution < -0.4 is 10.1 Å². The fourth-order valence-corrected chi connectivity index (χ4v) is 5.86. The predicted molar refractivity (Wildman–Crippen MR) is 138 cm³/mol. The number of carbonyl (C=O) groups is 3. The van der Waals surface area contributed by atoms with Gasteiger partial charge in [0, 0.05) is 26.1 Å². The molecule has 3 aliphatic rings. The first-order chi connectivity index (χ1) is 17.8. The van der Waals surface area contributed by atoms with Crippen molar-refractivity contribution in [2.45, 2.75) is 83.0 Å². The number of urea groups is 1. The Morgan fingerprint density at radius 1 is 1.16 bits per heavy atom. The van der Waals surface area contributed by atoms with Crippen LogP contribution in [0.4, 0.5) is 4.79 Å². The largest absolute Gasteiger partial charge is 0.497 e. The predicted octanol–water partition coefficient (Wildman–Crippen LogP) is 3.09. The van der Waals surface area contributed by atoms with E-state index < -0.39 is 29.6 Å². The topological polar surface area (TPSA) is 108 Å². The Morgan fingerprint density at radius 3 is 2.62 bits per heavy atom. The lowest BCUT2D eigenvalue weighted by Gasteiger charge is -2.32. The molecule has 0 spiro atoms. The first-order valence-corrected chi connectivity index (χ1v) is 13.6. The van der Waals surface area contributed by atoms with Gasteiger partial charge in [-0.15, -0.1) is 0 Å². The molecule has 1 saturated carbocycles. The third-order valence-corrected chi connectivity index (χ3v) is 8.03. The standard InChI is InChI=1S/C28H41N3O6/c1-4-37-26(34)28-16-21(28)14-19(2)8-6-5-7-13-30(17-20-9-11-23(36-3)12-10-20)27(35)31-18-22(32)15-24(31)25(33)29-28/h9-12,19,21-22,24,32H,4-8,13-18H2,1-3H3,(H,29,33)/t19?,21-,22+,24+,28-/m1/s1. The Balaban J connectivity index is 1.58. The number of aliphatic hydroxyl groups is 1. The zero-order valence-electron chi connectivity index (χ0n) is 22.3. The zero-order chi connectivity index (χ0) is 26.6. The minimum absolute atomic E-state index is 0.0256. The molecule has 5 atom stereocenters. The highest BCUT2D eigenvalue weighted by Crippen LogP contribution is 2.49. The molecule has 1 aromatic carbocycles. The summed E-state index contributed by atoms with van der Waals surface area (Å²) in [5.74, 6) is 0.396. The van der Waals surface area contributed by atoms with Crippen LogP contribution in [0.15, 0.2) is 24.3 Å². The maximum absolute atomic E-state index is 13.8. The van der Waals surface area contributed by atoms with E-state index in [0.717, 1.165) is 43.4 Å². The number of ether oxygens (including phenoxy) is 2. The van der Waals surface area contributed by atoms with Crippen LogP contribution >= 0.6 is 0 Å². The van der Waals surface area contributed by atoms with Gasteiger partial charge in [0.1, 0.15) is 17.3 Å². The van der Waals surface area contributed by atoms with Gasteiger partial charge in [0.2, 0.25) is 5.91 Å². The molecule has 1 aliphatic carbocycles. The van der Waals surface area contributed by atoms with Crippen LogP contribution in [0.5, 0.6) is 5.75 Å². The summed E-state index contributed by atoms with van der Waals surface area (Å²) in [6.45, 7) is 5.25. The van der Waals surface area contributed by atoms with Crippen LogP contribution in [-0.2, 0) is 20.9 Å². The number of nitrogens with one attached hydrogen (secondary N) is 1. The van der Waals surface area contributed by atoms with Gasteiger partial charge in [-0.1, -0.05) is 38.3 Å². The Kier molecular flexibility index (Phi) is 8.62. The van der Waals surface area contributed by atoms with Crippen LogP contribution in [0.2, 0.25) is 0 Å². The van der Waals surface area contributed by atoms with Crippen LogP contribution in [-0.4, -0.2) is 77.3 Å². The lowest BCUT2D eigenvalue weighted by molar-refractivity contribution is -0.149. The van der Waals surface area contributed by atoms with Crippen molar-refractivity contribution < 1.29 is 29.0 Å².